The molecular formula is C42H53ClN4O6. The molecule has 1 saturated carbocycles. The molecule has 4 amide bonds. The molecule has 5 rings (SSSR count). The second-order valence-electron chi connectivity index (χ2n) is 15.0. The van der Waals surface area contributed by atoms with Crippen molar-refractivity contribution in [3.05, 3.63) is 82.9 Å². The number of likely N-dealkylation sites (N-methyl/N-ethyl adjacent to an activating group) is 1. The summed E-state index contributed by atoms with van der Waals surface area (Å²) >= 11 is 6.43. The first-order valence-corrected chi connectivity index (χ1v) is 19.4. The predicted molar refractivity (Wildman–Crippen MR) is 206 cm³/mol. The molecule has 2 fully saturated rings. The van der Waals surface area contributed by atoms with Crippen molar-refractivity contribution in [2.45, 2.75) is 103 Å². The normalized spacial score (nSPS) is 18.1. The van der Waals surface area contributed by atoms with Crippen molar-refractivity contribution >= 4 is 52.0 Å². The molecule has 1 aliphatic carbocycles. The maximum Gasteiger partial charge on any atom is 0.408 e. The lowest BCUT2D eigenvalue weighted by Gasteiger charge is -2.35. The Morgan fingerprint density at radius 1 is 0.868 bits per heavy atom. The van der Waals surface area contributed by atoms with E-state index in [0.717, 1.165) is 54.0 Å². The maximum atomic E-state index is 14.2. The predicted octanol–water partition coefficient (Wildman–Crippen LogP) is 7.03. The molecule has 1 saturated heterocycles. The second-order valence-corrected chi connectivity index (χ2v) is 15.4. The van der Waals surface area contributed by atoms with Gasteiger partial charge in [-0.25, -0.2) is 4.79 Å². The summed E-state index contributed by atoms with van der Waals surface area (Å²) in [7, 11) is 0. The van der Waals surface area contributed by atoms with Crippen LogP contribution in [0.3, 0.4) is 0 Å². The van der Waals surface area contributed by atoms with E-state index in [0.29, 0.717) is 37.5 Å². The summed E-state index contributed by atoms with van der Waals surface area (Å²) in [5.41, 5.74) is 0.880. The number of nitrogens with one attached hydrogen (secondary N) is 3. The largest absolute Gasteiger partial charge is 0.440 e. The van der Waals surface area contributed by atoms with Crippen molar-refractivity contribution in [1.82, 2.24) is 20.9 Å². The number of carbonyl (C=O) groups excluding carboxylic acids is 5. The molecule has 10 nitrogen and oxygen atoms in total. The third-order valence-electron chi connectivity index (χ3n) is 11.0. The molecule has 1 heterocycles. The highest BCUT2D eigenvalue weighted by atomic mass is 35.5. The first kappa shape index (κ1) is 39.8. The van der Waals surface area contributed by atoms with E-state index in [1.54, 1.807) is 19.9 Å². The number of hydrogen-bond acceptors (Lipinski definition) is 6. The van der Waals surface area contributed by atoms with Crippen LogP contribution >= 0.6 is 11.6 Å². The third-order valence-corrected chi connectivity index (χ3v) is 11.2. The standard InChI is InChI=1S/C42H53ClN4O6/c1-5-47(6-2)40(51)36(48)34(25-31-21-22-44-38(31)49)45-39(50)35(23-27-13-8-7-9-14-27)46-41(52)53-37(42(3,4)32-17-12-18-33(43)26-32)30-20-19-28-15-10-11-16-29(28)24-30/h10-12,15-20,24,26-27,31,34-35,37H,5-9,13-14,21-23,25H2,1-4H3,(H,44,49)(H,45,50)(H,46,52). The first-order chi connectivity index (χ1) is 25.4. The van der Waals surface area contributed by atoms with Gasteiger partial charge in [-0.05, 0) is 79.1 Å². The molecule has 1 aliphatic heterocycles. The Morgan fingerprint density at radius 3 is 2.25 bits per heavy atom. The zero-order chi connectivity index (χ0) is 38.1. The Kier molecular flexibility index (Phi) is 13.5. The van der Waals surface area contributed by atoms with E-state index in [1.807, 2.05) is 74.5 Å². The smallest absolute Gasteiger partial charge is 0.408 e. The lowest BCUT2D eigenvalue weighted by molar-refractivity contribution is -0.146. The summed E-state index contributed by atoms with van der Waals surface area (Å²) in [6, 6.07) is 19.1. The minimum Gasteiger partial charge on any atom is -0.440 e. The van der Waals surface area contributed by atoms with Gasteiger partial charge in [0.1, 0.15) is 12.1 Å². The van der Waals surface area contributed by atoms with E-state index < -0.39 is 53.2 Å². The molecule has 0 radical (unpaired) electrons. The Labute approximate surface area is 317 Å². The summed E-state index contributed by atoms with van der Waals surface area (Å²) < 4.78 is 6.33. The van der Waals surface area contributed by atoms with Crippen LogP contribution in [0.2, 0.25) is 5.02 Å². The van der Waals surface area contributed by atoms with Gasteiger partial charge in [-0.15, -0.1) is 0 Å². The Balaban J connectivity index is 1.43. The van der Waals surface area contributed by atoms with Crippen LogP contribution in [0.25, 0.3) is 10.8 Å². The van der Waals surface area contributed by atoms with Gasteiger partial charge in [0.2, 0.25) is 17.6 Å². The summed E-state index contributed by atoms with van der Waals surface area (Å²) in [6.45, 7) is 8.65. The topological polar surface area (TPSA) is 134 Å². The average Bonchev–Trinajstić information content (AvgIpc) is 3.57. The number of alkyl carbamates (subject to hydrolysis) is 1. The van der Waals surface area contributed by atoms with Crippen LogP contribution in [-0.2, 0) is 29.3 Å². The van der Waals surface area contributed by atoms with Crippen LogP contribution in [0.15, 0.2) is 66.7 Å². The van der Waals surface area contributed by atoms with Crippen LogP contribution in [0, 0.1) is 11.8 Å². The van der Waals surface area contributed by atoms with Crippen molar-refractivity contribution in [2.24, 2.45) is 11.8 Å². The van der Waals surface area contributed by atoms with Gasteiger partial charge < -0.3 is 25.6 Å². The monoisotopic (exact) mass is 744 g/mol. The number of hydrogen-bond donors (Lipinski definition) is 3. The highest BCUT2D eigenvalue weighted by Gasteiger charge is 2.39. The molecule has 3 N–H and O–H groups in total. The van der Waals surface area contributed by atoms with E-state index >= 15 is 0 Å². The molecule has 3 aromatic rings. The molecule has 284 valence electrons. The van der Waals surface area contributed by atoms with E-state index in [-0.39, 0.29) is 18.2 Å². The molecule has 11 heteroatoms. The minimum atomic E-state index is -1.23. The van der Waals surface area contributed by atoms with Crippen molar-refractivity contribution in [1.29, 1.82) is 0 Å². The van der Waals surface area contributed by atoms with Crippen LogP contribution in [0.1, 0.15) is 96.3 Å². The van der Waals surface area contributed by atoms with Crippen molar-refractivity contribution in [3.63, 3.8) is 0 Å². The zero-order valence-electron chi connectivity index (χ0n) is 31.3. The quantitative estimate of drug-likeness (QED) is 0.143. The van der Waals surface area contributed by atoms with Gasteiger partial charge >= 0.3 is 6.09 Å². The fraction of sp³-hybridized carbons (Fsp3) is 0.500. The van der Waals surface area contributed by atoms with Gasteiger partial charge in [0.25, 0.3) is 5.91 Å². The summed E-state index contributed by atoms with van der Waals surface area (Å²) in [5.74, 6) is -2.65. The number of fused-ring (bicyclic) bond motifs is 1. The van der Waals surface area contributed by atoms with E-state index in [1.165, 1.54) is 4.90 Å². The van der Waals surface area contributed by atoms with Crippen LogP contribution in [0.4, 0.5) is 4.79 Å². The fourth-order valence-electron chi connectivity index (χ4n) is 7.79. The summed E-state index contributed by atoms with van der Waals surface area (Å²) in [6.07, 6.45) is 4.23. The lowest BCUT2D eigenvalue weighted by Crippen LogP contribution is -2.55. The second kappa shape index (κ2) is 18.1. The van der Waals surface area contributed by atoms with Crippen LogP contribution in [0.5, 0.6) is 0 Å². The number of nitrogens with zero attached hydrogens (tertiary/aromatic N) is 1. The lowest BCUT2D eigenvalue weighted by atomic mass is 9.76. The molecular weight excluding hydrogens is 692 g/mol. The van der Waals surface area contributed by atoms with Gasteiger partial charge in [0, 0.05) is 36.0 Å². The fourth-order valence-corrected chi connectivity index (χ4v) is 7.98. The number of rotatable bonds is 15. The number of halogens is 1. The van der Waals surface area contributed by atoms with Gasteiger partial charge in [-0.2, -0.15) is 0 Å². The van der Waals surface area contributed by atoms with E-state index in [9.17, 15) is 24.0 Å². The Bertz CT molecular complexity index is 1790. The number of ether oxygens (including phenoxy) is 1. The third kappa shape index (κ3) is 9.96. The molecule has 53 heavy (non-hydrogen) atoms. The molecule has 0 spiro atoms. The number of Topliss-reactive ketones (excluding diaryl/α,β-unsaturated/α-hetero) is 1. The maximum absolute atomic E-state index is 14.2. The van der Waals surface area contributed by atoms with Gasteiger partial charge in [-0.1, -0.05) is 106 Å². The number of benzene rings is 3. The molecule has 2 aliphatic rings. The molecule has 0 aromatic heterocycles. The highest BCUT2D eigenvalue weighted by molar-refractivity contribution is 6.38. The highest BCUT2D eigenvalue weighted by Crippen LogP contribution is 2.41. The molecule has 4 atom stereocenters. The Morgan fingerprint density at radius 2 is 1.58 bits per heavy atom. The molecule has 0 bridgehead atoms. The SMILES string of the molecule is CCN(CC)C(=O)C(=O)C(CC1CCNC1=O)NC(=O)C(CC1CCCCC1)NC(=O)OC(c1ccc2ccccc2c1)C(C)(C)c1cccc(Cl)c1. The number of ketones is 1. The van der Waals surface area contributed by atoms with Crippen molar-refractivity contribution in [2.75, 3.05) is 19.6 Å². The zero-order valence-corrected chi connectivity index (χ0v) is 32.0. The van der Waals surface area contributed by atoms with Crippen molar-refractivity contribution < 1.29 is 28.7 Å². The summed E-state index contributed by atoms with van der Waals surface area (Å²) in [4.78, 5) is 69.2. The van der Waals surface area contributed by atoms with E-state index in [4.69, 9.17) is 16.3 Å². The van der Waals surface area contributed by atoms with Crippen molar-refractivity contribution in [3.8, 4) is 0 Å². The molecule has 3 aromatic carbocycles. The van der Waals surface area contributed by atoms with Gasteiger partial charge in [-0.3, -0.25) is 19.2 Å². The van der Waals surface area contributed by atoms with Crippen LogP contribution < -0.4 is 16.0 Å². The van der Waals surface area contributed by atoms with Gasteiger partial charge in [0.05, 0.1) is 6.04 Å². The van der Waals surface area contributed by atoms with E-state index in [2.05, 4.69) is 16.0 Å². The van der Waals surface area contributed by atoms with Gasteiger partial charge in [0.15, 0.2) is 0 Å². The minimum absolute atomic E-state index is 0.0120. The number of amides is 4. The first-order valence-electron chi connectivity index (χ1n) is 19.0. The average molecular weight is 745 g/mol. The number of carbonyl (C=O) groups is 5. The Hall–Kier alpha value is -4.44. The summed E-state index contributed by atoms with van der Waals surface area (Å²) in [5, 5.41) is 11.0. The molecule has 4 unspecified atom stereocenters. The van der Waals surface area contributed by atoms with Crippen LogP contribution in [-0.4, -0.2) is 66.2 Å².